The maximum absolute atomic E-state index is 14.2. The van der Waals surface area contributed by atoms with Crippen molar-refractivity contribution in [1.29, 1.82) is 0 Å². The molecule has 4 heterocycles. The third-order valence-corrected chi connectivity index (χ3v) is 8.64. The molecule has 0 spiro atoms. The number of carbonyl (C=O) groups excluding carboxylic acids is 1. The number of aliphatic hydroxyl groups excluding tert-OH is 1. The Bertz CT molecular complexity index is 1950. The molecule has 2 aliphatic rings. The van der Waals surface area contributed by atoms with E-state index in [-0.39, 0.29) is 23.0 Å². The van der Waals surface area contributed by atoms with Crippen LogP contribution in [0.1, 0.15) is 44.5 Å². The molecule has 12 nitrogen and oxygen atoms in total. The van der Waals surface area contributed by atoms with E-state index in [0.717, 1.165) is 35.9 Å². The first-order chi connectivity index (χ1) is 23.1. The number of ether oxygens (including phenoxy) is 2. The van der Waals surface area contributed by atoms with Crippen molar-refractivity contribution in [3.05, 3.63) is 68.6 Å². The lowest BCUT2D eigenvalue weighted by Crippen LogP contribution is -2.51. The van der Waals surface area contributed by atoms with Gasteiger partial charge < -0.3 is 34.3 Å². The lowest BCUT2D eigenvalue weighted by atomic mass is 10.1. The molecule has 2 aliphatic heterocycles. The van der Waals surface area contributed by atoms with E-state index in [4.69, 9.17) is 26.1 Å². The third kappa shape index (κ3) is 7.13. The Hall–Kier alpha value is -4.50. The fourth-order valence-corrected chi connectivity index (χ4v) is 6.28. The normalized spacial score (nSPS) is 15.7. The molecule has 1 atom stereocenters. The van der Waals surface area contributed by atoms with Crippen molar-refractivity contribution in [1.82, 2.24) is 24.1 Å². The number of anilines is 2. The third-order valence-electron chi connectivity index (χ3n) is 8.33. The fourth-order valence-electron chi connectivity index (χ4n) is 6.05. The van der Waals surface area contributed by atoms with Crippen LogP contribution in [-0.4, -0.2) is 79.9 Å². The molecule has 1 saturated heterocycles. The summed E-state index contributed by atoms with van der Waals surface area (Å²) >= 11 is 6.16. The summed E-state index contributed by atoms with van der Waals surface area (Å²) < 4.78 is 53.7. The van der Waals surface area contributed by atoms with Gasteiger partial charge in [0.25, 0.3) is 5.56 Å². The Morgan fingerprint density at radius 2 is 1.86 bits per heavy atom. The maximum Gasteiger partial charge on any atom is 0.416 e. The first-order valence-electron chi connectivity index (χ1n) is 16.0. The van der Waals surface area contributed by atoms with Gasteiger partial charge in [0.1, 0.15) is 23.3 Å². The number of hydrogen-bond acceptors (Lipinski definition) is 9. The van der Waals surface area contributed by atoms with E-state index in [0.29, 0.717) is 62.0 Å². The molecular weight excluding hydrogens is 667 g/mol. The van der Waals surface area contributed by atoms with Crippen LogP contribution in [0.3, 0.4) is 0 Å². The second-order valence-corrected chi connectivity index (χ2v) is 13.3. The molecule has 1 fully saturated rings. The standard InChI is InChI=1S/C33H37ClF3N7O5/c1-5-24-27(41-11-13-42(14-12-41)31(47)49-32(2,3)4)29(46)44-30(39-28(40-44)20-6-9-25-19(16-20)10-15-48-25)43(24)18-26(45)38-23-8-7-21(17-22(23)34)33(35,36)37/h6-9,16-17,26,38,45H,5,10-15,18H2,1-4H3. The molecule has 0 saturated carbocycles. The first-order valence-corrected chi connectivity index (χ1v) is 16.3. The van der Waals surface area contributed by atoms with Gasteiger partial charge in [-0.2, -0.15) is 22.7 Å². The number of piperazine rings is 1. The average Bonchev–Trinajstić information content (AvgIpc) is 3.70. The summed E-state index contributed by atoms with van der Waals surface area (Å²) in [5.41, 5.74) is 0.693. The molecule has 0 radical (unpaired) electrons. The molecule has 2 aromatic carbocycles. The highest BCUT2D eigenvalue weighted by Gasteiger charge is 2.32. The number of fused-ring (bicyclic) bond motifs is 2. The average molecular weight is 704 g/mol. The second-order valence-electron chi connectivity index (χ2n) is 12.9. The van der Waals surface area contributed by atoms with Gasteiger partial charge in [0.2, 0.25) is 5.78 Å². The first kappa shape index (κ1) is 34.4. The van der Waals surface area contributed by atoms with Crippen LogP contribution in [0.25, 0.3) is 17.2 Å². The number of amides is 1. The number of aromatic nitrogens is 4. The molecular formula is C33H37ClF3N7O5. The SMILES string of the molecule is CCc1c(N2CCN(C(=O)OC(C)(C)C)CC2)c(=O)n2nc(-c3ccc4c(c3)CCO4)nc2n1CC(O)Nc1ccc(C(F)(F)F)cc1Cl. The van der Waals surface area contributed by atoms with Crippen LogP contribution in [0.5, 0.6) is 5.75 Å². The van der Waals surface area contributed by atoms with Gasteiger partial charge in [0.05, 0.1) is 29.4 Å². The fraction of sp³-hybridized carbons (Fsp3) is 0.455. The van der Waals surface area contributed by atoms with Crippen molar-refractivity contribution in [2.75, 3.05) is 43.0 Å². The van der Waals surface area contributed by atoms with Crippen molar-refractivity contribution >= 4 is 34.8 Å². The van der Waals surface area contributed by atoms with Gasteiger partial charge in [-0.3, -0.25) is 4.79 Å². The Balaban J connectivity index is 1.38. The summed E-state index contributed by atoms with van der Waals surface area (Å²) in [7, 11) is 0. The number of benzene rings is 2. The van der Waals surface area contributed by atoms with E-state index < -0.39 is 35.2 Å². The predicted octanol–water partition coefficient (Wildman–Crippen LogP) is 5.22. The topological polar surface area (TPSA) is 126 Å². The number of alkyl halides is 3. The Kier molecular flexibility index (Phi) is 9.17. The molecule has 16 heteroatoms. The lowest BCUT2D eigenvalue weighted by Gasteiger charge is -2.37. The van der Waals surface area contributed by atoms with E-state index in [1.807, 2.05) is 30.0 Å². The molecule has 0 aliphatic carbocycles. The molecule has 6 rings (SSSR count). The van der Waals surface area contributed by atoms with Crippen molar-refractivity contribution in [2.24, 2.45) is 0 Å². The van der Waals surface area contributed by atoms with E-state index in [1.54, 1.807) is 30.2 Å². The summed E-state index contributed by atoms with van der Waals surface area (Å²) in [6, 6.07) is 8.38. The number of carbonyl (C=O) groups is 1. The summed E-state index contributed by atoms with van der Waals surface area (Å²) in [6.45, 7) is 8.96. The largest absolute Gasteiger partial charge is 0.493 e. The molecule has 2 aromatic heterocycles. The van der Waals surface area contributed by atoms with Gasteiger partial charge in [0.15, 0.2) is 5.82 Å². The van der Waals surface area contributed by atoms with Crippen molar-refractivity contribution in [2.45, 2.75) is 65.1 Å². The lowest BCUT2D eigenvalue weighted by molar-refractivity contribution is -0.137. The number of nitrogens with one attached hydrogen (secondary N) is 1. The van der Waals surface area contributed by atoms with E-state index >= 15 is 0 Å². The summed E-state index contributed by atoms with van der Waals surface area (Å²) in [5, 5.41) is 18.4. The highest BCUT2D eigenvalue weighted by atomic mass is 35.5. The Morgan fingerprint density at radius 1 is 1.12 bits per heavy atom. The monoisotopic (exact) mass is 703 g/mol. The minimum atomic E-state index is -4.58. The number of halogens is 4. The number of hydrogen-bond donors (Lipinski definition) is 2. The van der Waals surface area contributed by atoms with Crippen LogP contribution in [0.4, 0.5) is 29.3 Å². The van der Waals surface area contributed by atoms with Crippen LogP contribution < -0.4 is 20.5 Å². The zero-order chi connectivity index (χ0) is 35.2. The van der Waals surface area contributed by atoms with E-state index in [1.165, 1.54) is 4.52 Å². The van der Waals surface area contributed by atoms with Gasteiger partial charge in [0, 0.05) is 43.9 Å². The van der Waals surface area contributed by atoms with Gasteiger partial charge in [-0.25, -0.2) is 4.79 Å². The zero-order valence-electron chi connectivity index (χ0n) is 27.5. The van der Waals surface area contributed by atoms with Gasteiger partial charge in [-0.05, 0) is 69.2 Å². The van der Waals surface area contributed by atoms with Crippen molar-refractivity contribution in [3.8, 4) is 17.1 Å². The van der Waals surface area contributed by atoms with Gasteiger partial charge in [-0.1, -0.05) is 18.5 Å². The predicted molar refractivity (Wildman–Crippen MR) is 177 cm³/mol. The molecule has 4 aromatic rings. The van der Waals surface area contributed by atoms with Crippen LogP contribution in [0, 0.1) is 0 Å². The molecule has 1 amide bonds. The minimum Gasteiger partial charge on any atom is -0.493 e. The highest BCUT2D eigenvalue weighted by Crippen LogP contribution is 2.34. The minimum absolute atomic E-state index is 0.0956. The number of rotatable bonds is 7. The van der Waals surface area contributed by atoms with Crippen LogP contribution in [0.15, 0.2) is 41.2 Å². The molecule has 0 bridgehead atoms. The van der Waals surface area contributed by atoms with E-state index in [9.17, 15) is 27.9 Å². The Morgan fingerprint density at radius 3 is 2.51 bits per heavy atom. The number of aliphatic hydroxyl groups is 1. The van der Waals surface area contributed by atoms with Crippen molar-refractivity contribution < 1.29 is 32.5 Å². The number of nitrogens with zero attached hydrogens (tertiary/aromatic N) is 6. The summed E-state index contributed by atoms with van der Waals surface area (Å²) in [4.78, 5) is 35.2. The Labute approximate surface area is 285 Å². The summed E-state index contributed by atoms with van der Waals surface area (Å²) in [5.74, 6) is 1.25. The smallest absolute Gasteiger partial charge is 0.416 e. The second kappa shape index (κ2) is 13.1. The quantitative estimate of drug-likeness (QED) is 0.250. The molecule has 2 N–H and O–H groups in total. The van der Waals surface area contributed by atoms with Crippen molar-refractivity contribution in [3.63, 3.8) is 0 Å². The van der Waals surface area contributed by atoms with Crippen LogP contribution in [0.2, 0.25) is 5.02 Å². The van der Waals surface area contributed by atoms with E-state index in [2.05, 4.69) is 10.4 Å². The van der Waals surface area contributed by atoms with Crippen LogP contribution >= 0.6 is 11.6 Å². The van der Waals surface area contributed by atoms with Gasteiger partial charge >= 0.3 is 12.3 Å². The summed E-state index contributed by atoms with van der Waals surface area (Å²) in [6.07, 6.45) is -5.29. The van der Waals surface area contributed by atoms with Gasteiger partial charge in [-0.15, -0.1) is 5.10 Å². The zero-order valence-corrected chi connectivity index (χ0v) is 28.2. The molecule has 49 heavy (non-hydrogen) atoms. The molecule has 262 valence electrons. The molecule has 1 unspecified atom stereocenters. The van der Waals surface area contributed by atoms with Crippen LogP contribution in [-0.2, 0) is 30.3 Å². The highest BCUT2D eigenvalue weighted by molar-refractivity contribution is 6.33. The maximum atomic E-state index is 14.2.